The zero-order chi connectivity index (χ0) is 13.2. The van der Waals surface area contributed by atoms with Crippen molar-refractivity contribution in [2.24, 2.45) is 7.05 Å². The monoisotopic (exact) mass is 315 g/mol. The number of methoxy groups -OCH3 is 1. The molecule has 0 aliphatic heterocycles. The minimum Gasteiger partial charge on any atom is -0.464 e. The highest BCUT2D eigenvalue weighted by Gasteiger charge is 2.28. The van der Waals surface area contributed by atoms with Gasteiger partial charge in [0.15, 0.2) is 11.4 Å². The van der Waals surface area contributed by atoms with Crippen molar-refractivity contribution in [1.82, 2.24) is 4.57 Å². The number of aromatic nitrogens is 1. The molecule has 1 unspecified atom stereocenters. The van der Waals surface area contributed by atoms with E-state index in [1.807, 2.05) is 0 Å². The lowest BCUT2D eigenvalue weighted by Gasteiger charge is -2.11. The number of aryl methyl sites for hydroxylation is 1. The van der Waals surface area contributed by atoms with Gasteiger partial charge in [0.25, 0.3) is 6.36 Å². The van der Waals surface area contributed by atoms with Gasteiger partial charge in [0, 0.05) is 13.2 Å². The molecule has 0 saturated heterocycles. The maximum atomic E-state index is 12.8. The van der Waals surface area contributed by atoms with Crippen LogP contribution in [0.3, 0.4) is 0 Å². The molecule has 17 heavy (non-hydrogen) atoms. The van der Waals surface area contributed by atoms with Crippen LogP contribution in [0, 0.1) is 0 Å². The third kappa shape index (κ3) is 2.93. The maximum absolute atomic E-state index is 12.8. The Morgan fingerprint density at radius 3 is 2.53 bits per heavy atom. The maximum Gasteiger partial charge on any atom is 0.358 e. The molecule has 0 spiro atoms. The van der Waals surface area contributed by atoms with Crippen LogP contribution < -0.4 is 4.74 Å². The highest BCUT2D eigenvalue weighted by atomic mass is 79.9. The van der Waals surface area contributed by atoms with Gasteiger partial charge in [-0.1, -0.05) is 0 Å². The predicted molar refractivity (Wildman–Crippen MR) is 56.0 cm³/mol. The van der Waals surface area contributed by atoms with Gasteiger partial charge in [-0.05, 0) is 15.9 Å². The summed E-state index contributed by atoms with van der Waals surface area (Å²) >= 11 is 2.98. The first-order chi connectivity index (χ1) is 7.88. The van der Waals surface area contributed by atoms with E-state index in [1.165, 1.54) is 17.8 Å². The summed E-state index contributed by atoms with van der Waals surface area (Å²) in [5, 5.41) is 0. The zero-order valence-corrected chi connectivity index (χ0v) is 10.5. The van der Waals surface area contributed by atoms with E-state index in [9.17, 15) is 18.0 Å². The van der Waals surface area contributed by atoms with Gasteiger partial charge in [-0.2, -0.15) is 4.39 Å². The van der Waals surface area contributed by atoms with Crippen LogP contribution in [0.25, 0.3) is 0 Å². The number of hydrogen-bond acceptors (Lipinski definition) is 3. The van der Waals surface area contributed by atoms with Gasteiger partial charge in [0.05, 0.1) is 11.6 Å². The number of rotatable bonds is 4. The first kappa shape index (κ1) is 13.9. The highest BCUT2D eigenvalue weighted by Crippen LogP contribution is 2.33. The summed E-state index contributed by atoms with van der Waals surface area (Å²) in [5.74, 6) is -1.12. The lowest BCUT2D eigenvalue weighted by molar-refractivity contribution is -0.0676. The Balaban J connectivity index is 3.09. The van der Waals surface area contributed by atoms with Crippen LogP contribution in [0.4, 0.5) is 13.2 Å². The predicted octanol–water partition coefficient (Wildman–Crippen LogP) is 2.51. The molecule has 0 aliphatic carbocycles. The molecule has 8 heteroatoms. The Kier molecular flexibility index (Phi) is 4.44. The van der Waals surface area contributed by atoms with Crippen molar-refractivity contribution < 1.29 is 27.4 Å². The number of nitrogens with zero attached hydrogens (tertiary/aromatic N) is 1. The Hall–Kier alpha value is -1.18. The van der Waals surface area contributed by atoms with Gasteiger partial charge < -0.3 is 14.0 Å². The van der Waals surface area contributed by atoms with E-state index in [-0.39, 0.29) is 15.9 Å². The number of hydrogen-bond donors (Lipinski definition) is 0. The lowest BCUT2D eigenvalue weighted by atomic mass is 10.4. The second-order valence-electron chi connectivity index (χ2n) is 3.06. The molecule has 0 radical (unpaired) electrons. The van der Waals surface area contributed by atoms with E-state index in [4.69, 9.17) is 0 Å². The van der Waals surface area contributed by atoms with Gasteiger partial charge >= 0.3 is 12.4 Å². The highest BCUT2D eigenvalue weighted by molar-refractivity contribution is 9.10. The number of halogens is 4. The van der Waals surface area contributed by atoms with Gasteiger partial charge in [0.1, 0.15) is 0 Å². The molecule has 0 N–H and O–H groups in total. The summed E-state index contributed by atoms with van der Waals surface area (Å²) in [6.45, 7) is 0. The standard InChI is InChI=1S/C9H9BrF3NO3/c1-14-3-4(10)6(5(14)9(15)16-2)17-8(13)7(11)12/h3,7-8H,1-2H3. The summed E-state index contributed by atoms with van der Waals surface area (Å²) < 4.78 is 47.2. The average molecular weight is 316 g/mol. The zero-order valence-electron chi connectivity index (χ0n) is 8.92. The first-order valence-electron chi connectivity index (χ1n) is 4.40. The summed E-state index contributed by atoms with van der Waals surface area (Å²) in [4.78, 5) is 11.4. The number of ether oxygens (including phenoxy) is 2. The molecule has 1 rings (SSSR count). The number of alkyl halides is 3. The van der Waals surface area contributed by atoms with Crippen molar-refractivity contribution in [1.29, 1.82) is 0 Å². The molecule has 0 amide bonds. The van der Waals surface area contributed by atoms with Gasteiger partial charge in [-0.15, -0.1) is 0 Å². The van der Waals surface area contributed by atoms with E-state index < -0.39 is 18.8 Å². The van der Waals surface area contributed by atoms with Crippen molar-refractivity contribution in [2.75, 3.05) is 7.11 Å². The van der Waals surface area contributed by atoms with Crippen molar-refractivity contribution >= 4 is 21.9 Å². The largest absolute Gasteiger partial charge is 0.464 e. The van der Waals surface area contributed by atoms with Crippen molar-refractivity contribution in [3.8, 4) is 5.75 Å². The van der Waals surface area contributed by atoms with Crippen molar-refractivity contribution in [3.05, 3.63) is 16.4 Å². The molecule has 0 bridgehead atoms. The molecular formula is C9H9BrF3NO3. The molecule has 96 valence electrons. The molecular weight excluding hydrogens is 307 g/mol. The van der Waals surface area contributed by atoms with E-state index >= 15 is 0 Å². The smallest absolute Gasteiger partial charge is 0.358 e. The quantitative estimate of drug-likeness (QED) is 0.802. The summed E-state index contributed by atoms with van der Waals surface area (Å²) in [5.41, 5.74) is -0.150. The van der Waals surface area contributed by atoms with Crippen LogP contribution in [0.1, 0.15) is 10.5 Å². The van der Waals surface area contributed by atoms with Crippen LogP contribution in [0.2, 0.25) is 0 Å². The lowest BCUT2D eigenvalue weighted by Crippen LogP contribution is -2.21. The summed E-state index contributed by atoms with van der Waals surface area (Å²) in [6, 6.07) is 0. The molecule has 1 heterocycles. The minimum atomic E-state index is -3.30. The molecule has 1 aromatic heterocycles. The van der Waals surface area contributed by atoms with E-state index in [0.29, 0.717) is 0 Å². The van der Waals surface area contributed by atoms with Crippen LogP contribution in [0.5, 0.6) is 5.75 Å². The number of carbonyl (C=O) groups excluding carboxylic acids is 1. The summed E-state index contributed by atoms with van der Waals surface area (Å²) in [6.07, 6.45) is -4.73. The van der Waals surface area contributed by atoms with Gasteiger partial charge in [-0.3, -0.25) is 0 Å². The van der Waals surface area contributed by atoms with Gasteiger partial charge in [0.2, 0.25) is 0 Å². The Bertz CT molecular complexity index is 422. The van der Waals surface area contributed by atoms with E-state index in [2.05, 4.69) is 25.4 Å². The topological polar surface area (TPSA) is 40.5 Å². The average Bonchev–Trinajstić information content (AvgIpc) is 2.53. The minimum absolute atomic E-state index is 0.150. The van der Waals surface area contributed by atoms with Crippen LogP contribution in [-0.4, -0.2) is 30.4 Å². The number of esters is 1. The molecule has 1 atom stereocenters. The Labute approximate surface area is 103 Å². The van der Waals surface area contributed by atoms with Crippen molar-refractivity contribution in [3.63, 3.8) is 0 Å². The normalized spacial score (nSPS) is 12.6. The molecule has 0 fully saturated rings. The van der Waals surface area contributed by atoms with E-state index in [1.54, 1.807) is 0 Å². The second-order valence-corrected chi connectivity index (χ2v) is 3.92. The fraction of sp³-hybridized carbons (Fsp3) is 0.444. The molecule has 0 aliphatic rings. The molecule has 0 aromatic carbocycles. The van der Waals surface area contributed by atoms with Gasteiger partial charge in [-0.25, -0.2) is 13.6 Å². The molecule has 4 nitrogen and oxygen atoms in total. The SMILES string of the molecule is COC(=O)c1c(OC(F)C(F)F)c(Br)cn1C. The van der Waals surface area contributed by atoms with Crippen LogP contribution >= 0.6 is 15.9 Å². The number of carbonyl (C=O) groups is 1. The summed E-state index contributed by atoms with van der Waals surface area (Å²) in [7, 11) is 2.59. The Morgan fingerprint density at radius 2 is 2.06 bits per heavy atom. The third-order valence-electron chi connectivity index (χ3n) is 1.90. The fourth-order valence-electron chi connectivity index (χ4n) is 1.18. The Morgan fingerprint density at radius 1 is 1.47 bits per heavy atom. The van der Waals surface area contributed by atoms with Crippen LogP contribution in [-0.2, 0) is 11.8 Å². The fourth-order valence-corrected chi connectivity index (χ4v) is 1.76. The second kappa shape index (κ2) is 5.44. The third-order valence-corrected chi connectivity index (χ3v) is 2.46. The van der Waals surface area contributed by atoms with E-state index in [0.717, 1.165) is 7.11 Å². The molecule has 1 aromatic rings. The van der Waals surface area contributed by atoms with Crippen molar-refractivity contribution in [2.45, 2.75) is 12.8 Å². The first-order valence-corrected chi connectivity index (χ1v) is 5.19. The van der Waals surface area contributed by atoms with Crippen LogP contribution in [0.15, 0.2) is 10.7 Å². The molecule has 0 saturated carbocycles.